The lowest BCUT2D eigenvalue weighted by Crippen LogP contribution is -2.27. The maximum atomic E-state index is 12.0. The Bertz CT molecular complexity index is 475. The Morgan fingerprint density at radius 1 is 1.47 bits per heavy atom. The molecule has 0 amide bonds. The normalized spacial score (nSPS) is 17.8. The standard InChI is InChI=1S/C10H13BrClNO2S2/c11-10-8(12)5-9(16-10)17(14,15)13-6-7-3-1-2-4-7/h5,7,13H,1-4,6H2. The zero-order chi connectivity index (χ0) is 12.5. The third-order valence-electron chi connectivity index (χ3n) is 2.92. The van der Waals surface area contributed by atoms with Gasteiger partial charge in [-0.15, -0.1) is 11.3 Å². The molecular formula is C10H13BrClNO2S2. The van der Waals surface area contributed by atoms with Crippen LogP contribution in [0.15, 0.2) is 14.1 Å². The Balaban J connectivity index is 2.03. The maximum Gasteiger partial charge on any atom is 0.250 e. The summed E-state index contributed by atoms with van der Waals surface area (Å²) < 4.78 is 27.5. The summed E-state index contributed by atoms with van der Waals surface area (Å²) in [5.41, 5.74) is 0. The van der Waals surface area contributed by atoms with Gasteiger partial charge in [-0.1, -0.05) is 24.4 Å². The van der Waals surface area contributed by atoms with Crippen LogP contribution in [0, 0.1) is 5.92 Å². The van der Waals surface area contributed by atoms with Crippen LogP contribution in [-0.4, -0.2) is 15.0 Å². The van der Waals surface area contributed by atoms with E-state index in [2.05, 4.69) is 20.7 Å². The third-order valence-corrected chi connectivity index (χ3v) is 7.30. The monoisotopic (exact) mass is 357 g/mol. The number of hydrogen-bond acceptors (Lipinski definition) is 3. The van der Waals surface area contributed by atoms with Crippen molar-refractivity contribution in [2.24, 2.45) is 5.92 Å². The molecule has 0 aromatic carbocycles. The summed E-state index contributed by atoms with van der Waals surface area (Å²) >= 11 is 10.2. The van der Waals surface area contributed by atoms with Crippen molar-refractivity contribution in [1.82, 2.24) is 4.72 Å². The number of thiophene rings is 1. The molecule has 0 spiro atoms. The number of halogens is 2. The number of sulfonamides is 1. The first-order valence-electron chi connectivity index (χ1n) is 5.43. The van der Waals surface area contributed by atoms with Gasteiger partial charge in [0.15, 0.2) is 0 Å². The Morgan fingerprint density at radius 3 is 2.65 bits per heavy atom. The fourth-order valence-electron chi connectivity index (χ4n) is 1.97. The van der Waals surface area contributed by atoms with Crippen molar-refractivity contribution in [3.63, 3.8) is 0 Å². The summed E-state index contributed by atoms with van der Waals surface area (Å²) in [4.78, 5) is 0. The Labute approximate surface area is 119 Å². The first kappa shape index (κ1) is 13.8. The van der Waals surface area contributed by atoms with Gasteiger partial charge in [0.2, 0.25) is 10.0 Å². The second-order valence-electron chi connectivity index (χ2n) is 4.19. The maximum absolute atomic E-state index is 12.0. The van der Waals surface area contributed by atoms with E-state index in [4.69, 9.17) is 11.6 Å². The van der Waals surface area contributed by atoms with Gasteiger partial charge in [0.25, 0.3) is 0 Å². The molecule has 1 aromatic heterocycles. The van der Waals surface area contributed by atoms with Gasteiger partial charge in [-0.2, -0.15) is 0 Å². The summed E-state index contributed by atoms with van der Waals surface area (Å²) in [5, 5.41) is 0.441. The van der Waals surface area contributed by atoms with Crippen LogP contribution in [0.1, 0.15) is 25.7 Å². The minimum atomic E-state index is -3.40. The van der Waals surface area contributed by atoms with Crippen molar-refractivity contribution in [1.29, 1.82) is 0 Å². The minimum absolute atomic E-state index is 0.271. The molecule has 17 heavy (non-hydrogen) atoms. The second kappa shape index (κ2) is 5.57. The predicted molar refractivity (Wildman–Crippen MR) is 74.2 cm³/mol. The van der Waals surface area contributed by atoms with Crippen LogP contribution in [0.3, 0.4) is 0 Å². The summed E-state index contributed by atoms with van der Waals surface area (Å²) in [6.45, 7) is 0.537. The molecule has 3 nitrogen and oxygen atoms in total. The van der Waals surface area contributed by atoms with Crippen molar-refractivity contribution in [3.05, 3.63) is 14.9 Å². The van der Waals surface area contributed by atoms with Gasteiger partial charge in [-0.3, -0.25) is 0 Å². The Hall–Kier alpha value is 0.380. The number of hydrogen-bond donors (Lipinski definition) is 1. The van der Waals surface area contributed by atoms with Gasteiger partial charge >= 0.3 is 0 Å². The first-order chi connectivity index (χ1) is 7.99. The van der Waals surface area contributed by atoms with Crippen LogP contribution >= 0.6 is 38.9 Å². The molecule has 1 aromatic rings. The average molecular weight is 359 g/mol. The quantitative estimate of drug-likeness (QED) is 0.893. The highest BCUT2D eigenvalue weighted by atomic mass is 79.9. The summed E-state index contributed by atoms with van der Waals surface area (Å²) in [6, 6.07) is 1.48. The van der Waals surface area contributed by atoms with Crippen molar-refractivity contribution in [2.45, 2.75) is 29.9 Å². The van der Waals surface area contributed by atoms with E-state index in [1.165, 1.54) is 18.9 Å². The molecule has 0 radical (unpaired) electrons. The molecule has 1 N–H and O–H groups in total. The molecule has 1 saturated carbocycles. The van der Waals surface area contributed by atoms with E-state index in [1.807, 2.05) is 0 Å². The van der Waals surface area contributed by atoms with E-state index in [-0.39, 0.29) is 4.21 Å². The van der Waals surface area contributed by atoms with Crippen LogP contribution in [0.2, 0.25) is 5.02 Å². The van der Waals surface area contributed by atoms with Crippen LogP contribution < -0.4 is 4.72 Å². The van der Waals surface area contributed by atoms with E-state index in [9.17, 15) is 8.42 Å². The molecule has 1 aliphatic rings. The third kappa shape index (κ3) is 3.44. The molecule has 0 bridgehead atoms. The fraction of sp³-hybridized carbons (Fsp3) is 0.600. The summed E-state index contributed by atoms with van der Waals surface area (Å²) in [5.74, 6) is 0.489. The lowest BCUT2D eigenvalue weighted by Gasteiger charge is -2.09. The Kier molecular flexibility index (Phi) is 4.52. The molecule has 1 heterocycles. The lowest BCUT2D eigenvalue weighted by molar-refractivity contribution is 0.520. The van der Waals surface area contributed by atoms with E-state index < -0.39 is 10.0 Å². The fourth-order valence-corrected chi connectivity index (χ4v) is 5.53. The average Bonchev–Trinajstić information content (AvgIpc) is 2.87. The van der Waals surface area contributed by atoms with Crippen molar-refractivity contribution >= 4 is 48.9 Å². The molecule has 1 fully saturated rings. The predicted octanol–water partition coefficient (Wildman–Crippen LogP) is 3.63. The van der Waals surface area contributed by atoms with Crippen molar-refractivity contribution in [2.75, 3.05) is 6.54 Å². The molecular weight excluding hydrogens is 346 g/mol. The molecule has 0 unspecified atom stereocenters. The minimum Gasteiger partial charge on any atom is -0.210 e. The van der Waals surface area contributed by atoms with E-state index in [0.717, 1.165) is 24.2 Å². The van der Waals surface area contributed by atoms with Gasteiger partial charge in [-0.25, -0.2) is 13.1 Å². The van der Waals surface area contributed by atoms with Crippen LogP contribution in [-0.2, 0) is 10.0 Å². The first-order valence-corrected chi connectivity index (χ1v) is 8.90. The van der Waals surface area contributed by atoms with Crippen molar-refractivity contribution < 1.29 is 8.42 Å². The molecule has 96 valence electrons. The topological polar surface area (TPSA) is 46.2 Å². The number of rotatable bonds is 4. The molecule has 0 aliphatic heterocycles. The molecule has 0 atom stereocenters. The molecule has 7 heteroatoms. The molecule has 1 aliphatic carbocycles. The summed E-state index contributed by atoms with van der Waals surface area (Å²) in [6.07, 6.45) is 4.67. The van der Waals surface area contributed by atoms with Crippen molar-refractivity contribution in [3.8, 4) is 0 Å². The molecule has 2 rings (SSSR count). The SMILES string of the molecule is O=S(=O)(NCC1CCCC1)c1cc(Cl)c(Br)s1. The van der Waals surface area contributed by atoms with Gasteiger partial charge < -0.3 is 0 Å². The second-order valence-corrected chi connectivity index (χ2v) is 8.96. The summed E-state index contributed by atoms with van der Waals surface area (Å²) in [7, 11) is -3.40. The zero-order valence-corrected chi connectivity index (χ0v) is 13.1. The highest BCUT2D eigenvalue weighted by Gasteiger charge is 2.22. The smallest absolute Gasteiger partial charge is 0.210 e. The van der Waals surface area contributed by atoms with E-state index >= 15 is 0 Å². The van der Waals surface area contributed by atoms with Gasteiger partial charge in [-0.05, 0) is 40.8 Å². The number of nitrogens with one attached hydrogen (secondary N) is 1. The highest BCUT2D eigenvalue weighted by Crippen LogP contribution is 2.34. The van der Waals surface area contributed by atoms with Gasteiger partial charge in [0, 0.05) is 6.54 Å². The largest absolute Gasteiger partial charge is 0.250 e. The van der Waals surface area contributed by atoms with Gasteiger partial charge in [0.05, 0.1) is 8.81 Å². The zero-order valence-electron chi connectivity index (χ0n) is 9.08. The molecule has 0 saturated heterocycles. The lowest BCUT2D eigenvalue weighted by atomic mass is 10.1. The van der Waals surface area contributed by atoms with Gasteiger partial charge in [0.1, 0.15) is 4.21 Å². The van der Waals surface area contributed by atoms with E-state index in [1.54, 1.807) is 0 Å². The highest BCUT2D eigenvalue weighted by molar-refractivity contribution is 9.11. The Morgan fingerprint density at radius 2 is 2.12 bits per heavy atom. The van der Waals surface area contributed by atoms with Crippen LogP contribution in [0.25, 0.3) is 0 Å². The van der Waals surface area contributed by atoms with Crippen LogP contribution in [0.4, 0.5) is 0 Å². The van der Waals surface area contributed by atoms with Crippen LogP contribution in [0.5, 0.6) is 0 Å². The van der Waals surface area contributed by atoms with E-state index in [0.29, 0.717) is 21.3 Å².